The van der Waals surface area contributed by atoms with Crippen molar-refractivity contribution in [2.24, 2.45) is 0 Å². The predicted molar refractivity (Wildman–Crippen MR) is 59.9 cm³/mol. The van der Waals surface area contributed by atoms with E-state index in [2.05, 4.69) is 15.5 Å². The molecule has 1 aromatic rings. The highest BCUT2D eigenvalue weighted by Gasteiger charge is 2.10. The van der Waals surface area contributed by atoms with Crippen LogP contribution in [0.15, 0.2) is 4.52 Å². The number of hydrogen-bond donors (Lipinski definition) is 1. The van der Waals surface area contributed by atoms with Crippen LogP contribution in [0.1, 0.15) is 18.6 Å². The van der Waals surface area contributed by atoms with E-state index in [1.165, 1.54) is 6.26 Å². The summed E-state index contributed by atoms with van der Waals surface area (Å²) in [6.45, 7) is 4.20. The van der Waals surface area contributed by atoms with E-state index in [4.69, 9.17) is 4.52 Å². The van der Waals surface area contributed by atoms with Gasteiger partial charge in [0, 0.05) is 32.2 Å². The van der Waals surface area contributed by atoms with Crippen LogP contribution in [0.4, 0.5) is 0 Å². The first-order valence-electron chi connectivity index (χ1n) is 5.07. The SMILES string of the molecule is Cc1nc(CCNC(C)CS(C)(=O)=O)no1. The van der Waals surface area contributed by atoms with E-state index >= 15 is 0 Å². The van der Waals surface area contributed by atoms with Crippen LogP contribution < -0.4 is 5.32 Å². The lowest BCUT2D eigenvalue weighted by Gasteiger charge is -2.11. The number of nitrogens with zero attached hydrogens (tertiary/aromatic N) is 2. The zero-order chi connectivity index (χ0) is 12.2. The minimum atomic E-state index is -2.93. The second kappa shape index (κ2) is 5.40. The Bertz CT molecular complexity index is 427. The molecule has 0 aliphatic heterocycles. The van der Waals surface area contributed by atoms with Crippen LogP contribution in [0.2, 0.25) is 0 Å². The largest absolute Gasteiger partial charge is 0.340 e. The Labute approximate surface area is 95.3 Å². The van der Waals surface area contributed by atoms with Crippen LogP contribution in [0.25, 0.3) is 0 Å². The molecule has 1 unspecified atom stereocenters. The molecule has 0 saturated heterocycles. The quantitative estimate of drug-likeness (QED) is 0.758. The number of sulfone groups is 1. The summed E-state index contributed by atoms with van der Waals surface area (Å²) in [5, 5.41) is 6.84. The number of rotatable bonds is 6. The summed E-state index contributed by atoms with van der Waals surface area (Å²) < 4.78 is 26.8. The van der Waals surface area contributed by atoms with Crippen molar-refractivity contribution in [2.45, 2.75) is 26.3 Å². The Morgan fingerprint density at radius 3 is 2.69 bits per heavy atom. The molecule has 0 bridgehead atoms. The third kappa shape index (κ3) is 5.22. The molecule has 1 rings (SSSR count). The van der Waals surface area contributed by atoms with Crippen molar-refractivity contribution >= 4 is 9.84 Å². The highest BCUT2D eigenvalue weighted by molar-refractivity contribution is 7.90. The van der Waals surface area contributed by atoms with E-state index in [-0.39, 0.29) is 11.8 Å². The molecule has 1 heterocycles. The van der Waals surface area contributed by atoms with Crippen LogP contribution >= 0.6 is 0 Å². The van der Waals surface area contributed by atoms with Gasteiger partial charge >= 0.3 is 0 Å². The maximum Gasteiger partial charge on any atom is 0.223 e. The molecule has 0 aliphatic rings. The van der Waals surface area contributed by atoms with Crippen LogP contribution in [0.5, 0.6) is 0 Å². The predicted octanol–water partition coefficient (Wildman–Crippen LogP) is -0.0568. The number of nitrogens with one attached hydrogen (secondary N) is 1. The van der Waals surface area contributed by atoms with Gasteiger partial charge in [-0.15, -0.1) is 0 Å². The van der Waals surface area contributed by atoms with Gasteiger partial charge in [0.05, 0.1) is 5.75 Å². The standard InChI is InChI=1S/C9H17N3O3S/c1-7(6-16(3,13)14)10-5-4-9-11-8(2)15-12-9/h7,10H,4-6H2,1-3H3. The van der Waals surface area contributed by atoms with Crippen molar-refractivity contribution in [3.63, 3.8) is 0 Å². The zero-order valence-electron chi connectivity index (χ0n) is 9.73. The molecule has 0 saturated carbocycles. The van der Waals surface area contributed by atoms with Gasteiger partial charge < -0.3 is 9.84 Å². The van der Waals surface area contributed by atoms with Crippen molar-refractivity contribution < 1.29 is 12.9 Å². The summed E-state index contributed by atoms with van der Waals surface area (Å²) in [7, 11) is -2.93. The first kappa shape index (κ1) is 13.1. The molecule has 1 N–H and O–H groups in total. The Balaban J connectivity index is 2.25. The molecule has 7 heteroatoms. The maximum atomic E-state index is 11.0. The molecule has 0 amide bonds. The van der Waals surface area contributed by atoms with Crippen LogP contribution in [-0.4, -0.2) is 43.2 Å². The summed E-state index contributed by atoms with van der Waals surface area (Å²) >= 11 is 0. The van der Waals surface area contributed by atoms with Gasteiger partial charge in [0.2, 0.25) is 5.89 Å². The third-order valence-electron chi connectivity index (χ3n) is 1.96. The fourth-order valence-electron chi connectivity index (χ4n) is 1.39. The van der Waals surface area contributed by atoms with Crippen molar-refractivity contribution in [3.8, 4) is 0 Å². The summed E-state index contributed by atoms with van der Waals surface area (Å²) in [6.07, 6.45) is 1.86. The zero-order valence-corrected chi connectivity index (χ0v) is 10.5. The highest BCUT2D eigenvalue weighted by atomic mass is 32.2. The van der Waals surface area contributed by atoms with E-state index in [1.54, 1.807) is 6.92 Å². The third-order valence-corrected chi connectivity index (χ3v) is 3.07. The lowest BCUT2D eigenvalue weighted by molar-refractivity contribution is 0.386. The summed E-state index contributed by atoms with van der Waals surface area (Å²) in [5.74, 6) is 1.31. The first-order valence-corrected chi connectivity index (χ1v) is 7.13. The summed E-state index contributed by atoms with van der Waals surface area (Å²) in [6, 6.07) is -0.0667. The van der Waals surface area contributed by atoms with Crippen LogP contribution in [-0.2, 0) is 16.3 Å². The van der Waals surface area contributed by atoms with Crippen molar-refractivity contribution in [3.05, 3.63) is 11.7 Å². The molecule has 0 spiro atoms. The van der Waals surface area contributed by atoms with Gasteiger partial charge in [0.15, 0.2) is 5.82 Å². The number of aryl methyl sites for hydroxylation is 1. The van der Waals surface area contributed by atoms with Gasteiger partial charge in [-0.2, -0.15) is 4.98 Å². The van der Waals surface area contributed by atoms with Gasteiger partial charge in [-0.3, -0.25) is 0 Å². The Morgan fingerprint density at radius 2 is 2.19 bits per heavy atom. The van der Waals surface area contributed by atoms with Gasteiger partial charge in [-0.25, -0.2) is 8.42 Å². The second-order valence-electron chi connectivity index (χ2n) is 3.93. The minimum Gasteiger partial charge on any atom is -0.340 e. The summed E-state index contributed by atoms with van der Waals surface area (Å²) in [4.78, 5) is 4.05. The molecule has 1 atom stereocenters. The van der Waals surface area contributed by atoms with Gasteiger partial charge in [0.25, 0.3) is 0 Å². The van der Waals surface area contributed by atoms with Gasteiger partial charge in [-0.1, -0.05) is 5.16 Å². The Kier molecular flexibility index (Phi) is 4.43. The highest BCUT2D eigenvalue weighted by Crippen LogP contribution is 1.96. The molecule has 92 valence electrons. The van der Waals surface area contributed by atoms with Gasteiger partial charge in [-0.05, 0) is 6.92 Å². The molecular formula is C9H17N3O3S. The van der Waals surface area contributed by atoms with Crippen molar-refractivity contribution in [1.82, 2.24) is 15.5 Å². The molecule has 16 heavy (non-hydrogen) atoms. The monoisotopic (exact) mass is 247 g/mol. The topological polar surface area (TPSA) is 85.1 Å². The first-order chi connectivity index (χ1) is 7.37. The normalized spacial score (nSPS) is 13.9. The average molecular weight is 247 g/mol. The van der Waals surface area contributed by atoms with E-state index in [0.717, 1.165) is 0 Å². The maximum absolute atomic E-state index is 11.0. The fraction of sp³-hybridized carbons (Fsp3) is 0.778. The van der Waals surface area contributed by atoms with E-state index < -0.39 is 9.84 Å². The van der Waals surface area contributed by atoms with E-state index in [1.807, 2.05) is 6.92 Å². The summed E-state index contributed by atoms with van der Waals surface area (Å²) in [5.41, 5.74) is 0. The lowest BCUT2D eigenvalue weighted by atomic mass is 10.3. The van der Waals surface area contributed by atoms with Crippen LogP contribution in [0, 0.1) is 6.92 Å². The molecule has 0 aliphatic carbocycles. The smallest absolute Gasteiger partial charge is 0.223 e. The second-order valence-corrected chi connectivity index (χ2v) is 6.11. The van der Waals surface area contributed by atoms with Crippen LogP contribution in [0.3, 0.4) is 0 Å². The molecule has 6 nitrogen and oxygen atoms in total. The number of aromatic nitrogens is 2. The fourth-order valence-corrected chi connectivity index (χ4v) is 2.41. The molecule has 1 aromatic heterocycles. The molecule has 0 radical (unpaired) electrons. The lowest BCUT2D eigenvalue weighted by Crippen LogP contribution is -2.34. The Morgan fingerprint density at radius 1 is 1.50 bits per heavy atom. The van der Waals surface area contributed by atoms with E-state index in [9.17, 15) is 8.42 Å². The average Bonchev–Trinajstić information content (AvgIpc) is 2.48. The van der Waals surface area contributed by atoms with Crippen molar-refractivity contribution in [2.75, 3.05) is 18.6 Å². The molecule has 0 fully saturated rings. The molecular weight excluding hydrogens is 230 g/mol. The molecule has 0 aromatic carbocycles. The van der Waals surface area contributed by atoms with Crippen molar-refractivity contribution in [1.29, 1.82) is 0 Å². The number of hydrogen-bond acceptors (Lipinski definition) is 6. The van der Waals surface area contributed by atoms with E-state index in [0.29, 0.717) is 24.7 Å². The Hall–Kier alpha value is -0.950. The minimum absolute atomic E-state index is 0.0667. The van der Waals surface area contributed by atoms with Gasteiger partial charge in [0.1, 0.15) is 9.84 Å².